The molecule has 1 N–H and O–H groups in total. The molecule has 0 saturated carbocycles. The molecule has 0 aliphatic carbocycles. The minimum atomic E-state index is 0.877. The normalized spacial score (nSPS) is 10.1. The zero-order valence-corrected chi connectivity index (χ0v) is 8.87. The lowest BCUT2D eigenvalue weighted by Crippen LogP contribution is -2.12. The third-order valence-corrected chi connectivity index (χ3v) is 2.45. The van der Waals surface area contributed by atoms with Gasteiger partial charge in [0.2, 0.25) is 0 Å². The molecule has 0 heterocycles. The summed E-state index contributed by atoms with van der Waals surface area (Å²) in [6.07, 6.45) is 6.38. The monoisotopic (exact) mass is 189 g/mol. The van der Waals surface area contributed by atoms with Crippen LogP contribution in [0, 0.1) is 0 Å². The van der Waals surface area contributed by atoms with Crippen molar-refractivity contribution in [2.45, 2.75) is 39.0 Å². The average molecular weight is 189 g/mol. The first-order valence-electron chi connectivity index (χ1n) is 5.43. The zero-order valence-electron chi connectivity index (χ0n) is 8.87. The Labute approximate surface area is 87.4 Å². The Kier molecular flexibility index (Phi) is 5.39. The summed E-state index contributed by atoms with van der Waals surface area (Å²) in [5.41, 5.74) is 2.24. The molecule has 14 heavy (non-hydrogen) atoms. The van der Waals surface area contributed by atoms with Crippen molar-refractivity contribution in [3.8, 4) is 0 Å². The van der Waals surface area contributed by atoms with Crippen LogP contribution < -0.4 is 5.46 Å². The smallest absolute Gasteiger partial charge is 0.326 e. The van der Waals surface area contributed by atoms with Crippen LogP contribution in [0.25, 0.3) is 0 Å². The van der Waals surface area contributed by atoms with Crippen molar-refractivity contribution in [3.05, 3.63) is 29.8 Å². The van der Waals surface area contributed by atoms with Crippen LogP contribution in [0.2, 0.25) is 0 Å². The molecule has 1 nitrogen and oxygen atoms in total. The van der Waals surface area contributed by atoms with Crippen LogP contribution in [0.4, 0.5) is 0 Å². The van der Waals surface area contributed by atoms with Crippen molar-refractivity contribution in [2.24, 2.45) is 0 Å². The van der Waals surface area contributed by atoms with Gasteiger partial charge in [0.05, 0.1) is 0 Å². The van der Waals surface area contributed by atoms with Crippen molar-refractivity contribution in [3.63, 3.8) is 0 Å². The molecule has 2 heteroatoms. The van der Waals surface area contributed by atoms with Gasteiger partial charge in [0, 0.05) is 0 Å². The van der Waals surface area contributed by atoms with Crippen LogP contribution in [0.3, 0.4) is 0 Å². The first-order valence-corrected chi connectivity index (χ1v) is 5.43. The Bertz CT molecular complexity index is 243. The molecule has 0 fully saturated rings. The molecule has 1 aromatic rings. The average Bonchev–Trinajstić information content (AvgIpc) is 2.25. The molecule has 0 saturated heterocycles. The summed E-state index contributed by atoms with van der Waals surface area (Å²) in [6.45, 7) is 2.23. The predicted octanol–water partition coefficient (Wildman–Crippen LogP) is 2.05. The number of unbranched alkanes of at least 4 members (excludes halogenated alkanes) is 3. The molecule has 0 spiro atoms. The predicted molar refractivity (Wildman–Crippen MR) is 61.9 cm³/mol. The van der Waals surface area contributed by atoms with Crippen molar-refractivity contribution >= 4 is 12.9 Å². The summed E-state index contributed by atoms with van der Waals surface area (Å²) in [4.78, 5) is 0. The second kappa shape index (κ2) is 6.66. The number of aryl methyl sites for hydroxylation is 1. The molecule has 0 aliphatic heterocycles. The third-order valence-electron chi connectivity index (χ3n) is 2.45. The minimum absolute atomic E-state index is 0.877. The standard InChI is InChI=1S/C12H18BO/c1-2-3-4-5-6-11-7-9-12(13-14)10-8-11/h7-10,14H,2-6H2,1H3. The van der Waals surface area contributed by atoms with Gasteiger partial charge in [0.1, 0.15) is 0 Å². The summed E-state index contributed by atoms with van der Waals surface area (Å²) >= 11 is 0. The van der Waals surface area contributed by atoms with Crippen LogP contribution >= 0.6 is 0 Å². The van der Waals surface area contributed by atoms with Crippen LogP contribution in [-0.2, 0) is 6.42 Å². The fraction of sp³-hybridized carbons (Fsp3) is 0.500. The van der Waals surface area contributed by atoms with E-state index in [1.807, 2.05) is 12.1 Å². The maximum Gasteiger partial charge on any atom is 0.326 e. The highest BCUT2D eigenvalue weighted by molar-refractivity contribution is 6.45. The molecule has 1 rings (SSSR count). The molecule has 0 atom stereocenters. The summed E-state index contributed by atoms with van der Waals surface area (Å²) in [5.74, 6) is 0. The maximum atomic E-state index is 8.75. The Morgan fingerprint density at radius 3 is 2.36 bits per heavy atom. The Balaban J connectivity index is 2.29. The van der Waals surface area contributed by atoms with Gasteiger partial charge in [-0.1, -0.05) is 55.9 Å². The highest BCUT2D eigenvalue weighted by Gasteiger charge is 1.95. The van der Waals surface area contributed by atoms with Gasteiger partial charge in [-0.05, 0) is 18.4 Å². The van der Waals surface area contributed by atoms with Gasteiger partial charge >= 0.3 is 7.48 Å². The van der Waals surface area contributed by atoms with Crippen molar-refractivity contribution in [1.29, 1.82) is 0 Å². The molecule has 0 unspecified atom stereocenters. The number of rotatable bonds is 6. The molecule has 1 aromatic carbocycles. The summed E-state index contributed by atoms with van der Waals surface area (Å²) in [6, 6.07) is 8.09. The zero-order chi connectivity index (χ0) is 10.2. The number of hydrogen-bond acceptors (Lipinski definition) is 1. The third kappa shape index (κ3) is 3.97. The Morgan fingerprint density at radius 2 is 1.79 bits per heavy atom. The molecule has 0 aliphatic rings. The lowest BCUT2D eigenvalue weighted by Gasteiger charge is -2.01. The van der Waals surface area contributed by atoms with Crippen molar-refractivity contribution < 1.29 is 5.02 Å². The van der Waals surface area contributed by atoms with Gasteiger partial charge in [0.25, 0.3) is 0 Å². The molecule has 75 valence electrons. The van der Waals surface area contributed by atoms with E-state index in [-0.39, 0.29) is 0 Å². The van der Waals surface area contributed by atoms with Gasteiger partial charge in [-0.15, -0.1) is 0 Å². The van der Waals surface area contributed by atoms with Gasteiger partial charge in [-0.3, -0.25) is 0 Å². The topological polar surface area (TPSA) is 20.2 Å². The minimum Gasteiger partial charge on any atom is -0.450 e. The first kappa shape index (κ1) is 11.3. The van der Waals surface area contributed by atoms with Crippen molar-refractivity contribution in [1.82, 2.24) is 0 Å². The van der Waals surface area contributed by atoms with E-state index in [4.69, 9.17) is 5.02 Å². The molecule has 0 aromatic heterocycles. The second-order valence-corrected chi connectivity index (χ2v) is 3.68. The Hall–Kier alpha value is -0.755. The molecule has 1 radical (unpaired) electrons. The van der Waals surface area contributed by atoms with E-state index >= 15 is 0 Å². The lowest BCUT2D eigenvalue weighted by molar-refractivity contribution is 0.615. The highest BCUT2D eigenvalue weighted by Crippen LogP contribution is 2.06. The van der Waals surface area contributed by atoms with E-state index in [9.17, 15) is 0 Å². The van der Waals surface area contributed by atoms with Crippen LogP contribution in [0.15, 0.2) is 24.3 Å². The SMILES string of the molecule is CCCCCCc1ccc([B]O)cc1. The van der Waals surface area contributed by atoms with Gasteiger partial charge in [0.15, 0.2) is 0 Å². The maximum absolute atomic E-state index is 8.75. The molecular formula is C12H18BO. The summed E-state index contributed by atoms with van der Waals surface area (Å²) in [7, 11) is 1.14. The van der Waals surface area contributed by atoms with E-state index in [0.29, 0.717) is 0 Å². The van der Waals surface area contributed by atoms with E-state index in [2.05, 4.69) is 19.1 Å². The van der Waals surface area contributed by atoms with Gasteiger partial charge in [-0.25, -0.2) is 0 Å². The largest absolute Gasteiger partial charge is 0.450 e. The van der Waals surface area contributed by atoms with Gasteiger partial charge < -0.3 is 5.02 Å². The fourth-order valence-electron chi connectivity index (χ4n) is 1.53. The van der Waals surface area contributed by atoms with E-state index < -0.39 is 0 Å². The first-order chi connectivity index (χ1) is 6.86. The van der Waals surface area contributed by atoms with Crippen molar-refractivity contribution in [2.75, 3.05) is 0 Å². The molecule has 0 amide bonds. The van der Waals surface area contributed by atoms with Gasteiger partial charge in [-0.2, -0.15) is 0 Å². The number of hydrogen-bond donors (Lipinski definition) is 1. The van der Waals surface area contributed by atoms with E-state index in [0.717, 1.165) is 19.4 Å². The van der Waals surface area contributed by atoms with Crippen LogP contribution in [0.1, 0.15) is 38.2 Å². The quantitative estimate of drug-likeness (QED) is 0.536. The molecular weight excluding hydrogens is 171 g/mol. The van der Waals surface area contributed by atoms with E-state index in [1.54, 1.807) is 0 Å². The summed E-state index contributed by atoms with van der Waals surface area (Å²) in [5, 5.41) is 8.75. The van der Waals surface area contributed by atoms with E-state index in [1.165, 1.54) is 31.2 Å². The summed E-state index contributed by atoms with van der Waals surface area (Å²) < 4.78 is 0. The lowest BCUT2D eigenvalue weighted by atomic mass is 9.88. The Morgan fingerprint density at radius 1 is 1.07 bits per heavy atom. The highest BCUT2D eigenvalue weighted by atomic mass is 16.2. The second-order valence-electron chi connectivity index (χ2n) is 3.68. The van der Waals surface area contributed by atoms with Crippen LogP contribution in [-0.4, -0.2) is 12.5 Å². The fourth-order valence-corrected chi connectivity index (χ4v) is 1.53. The molecule has 0 bridgehead atoms. The van der Waals surface area contributed by atoms with Crippen LogP contribution in [0.5, 0.6) is 0 Å². The number of benzene rings is 1.